The molecule has 0 bridgehead atoms. The molecule has 1 aliphatic rings. The van der Waals surface area contributed by atoms with Gasteiger partial charge in [0.15, 0.2) is 0 Å². The molecule has 1 fully saturated rings. The van der Waals surface area contributed by atoms with E-state index in [1.165, 1.54) is 0 Å². The molecule has 0 unspecified atom stereocenters. The Labute approximate surface area is 138 Å². The number of nitrogens with zero attached hydrogens (tertiary/aromatic N) is 2. The van der Waals surface area contributed by atoms with Gasteiger partial charge >= 0.3 is 18.0 Å². The predicted octanol–water partition coefficient (Wildman–Crippen LogP) is 3.52. The third kappa shape index (κ3) is 3.47. The number of alkyl halides is 5. The minimum atomic E-state index is -4.79. The molecule has 0 spiro atoms. The molecule has 1 aromatic heterocycles. The monoisotopic (exact) mass is 361 g/mol. The van der Waals surface area contributed by atoms with Gasteiger partial charge in [-0.05, 0) is 19.3 Å². The Morgan fingerprint density at radius 2 is 1.76 bits per heavy atom. The Bertz CT molecular complexity index is 766. The summed E-state index contributed by atoms with van der Waals surface area (Å²) in [5.74, 6) is -7.07. The largest absolute Gasteiger partial charge is 0.471 e. The lowest BCUT2D eigenvalue weighted by Gasteiger charge is -2.28. The van der Waals surface area contributed by atoms with Crippen molar-refractivity contribution in [3.05, 3.63) is 35.7 Å². The van der Waals surface area contributed by atoms with E-state index in [4.69, 9.17) is 0 Å². The van der Waals surface area contributed by atoms with Crippen LogP contribution in [0.25, 0.3) is 11.4 Å². The Morgan fingerprint density at radius 3 is 2.24 bits per heavy atom. The Kier molecular flexibility index (Phi) is 4.21. The highest BCUT2D eigenvalue weighted by atomic mass is 19.4. The molecule has 1 heterocycles. The van der Waals surface area contributed by atoms with Crippen LogP contribution in [0.3, 0.4) is 0 Å². The van der Waals surface area contributed by atoms with Crippen molar-refractivity contribution in [2.75, 3.05) is 0 Å². The van der Waals surface area contributed by atoms with Crippen molar-refractivity contribution in [2.45, 2.75) is 37.4 Å². The van der Waals surface area contributed by atoms with Gasteiger partial charge in [-0.1, -0.05) is 29.4 Å². The van der Waals surface area contributed by atoms with Crippen LogP contribution in [0.5, 0.6) is 0 Å². The number of carbonyl (C=O) groups is 1. The van der Waals surface area contributed by atoms with Gasteiger partial charge in [0.05, 0.1) is 0 Å². The molecule has 0 saturated heterocycles. The molecular formula is C15H12F5N3O2. The lowest BCUT2D eigenvalue weighted by Crippen LogP contribution is -2.46. The number of benzene rings is 1. The standard InChI is InChI=1S/C15H12F5N3O2/c16-14(17,12(24)21-10-2-1-3-10)9-6-4-8(5-7-9)11-22-13(25-23-11)15(18,19)20/h4-7,10H,1-3H2,(H,21,24). The predicted molar refractivity (Wildman–Crippen MR) is 74.4 cm³/mol. The first kappa shape index (κ1) is 17.3. The summed E-state index contributed by atoms with van der Waals surface area (Å²) in [7, 11) is 0. The van der Waals surface area contributed by atoms with E-state index in [9.17, 15) is 26.7 Å². The smallest absolute Gasteiger partial charge is 0.348 e. The topological polar surface area (TPSA) is 68.0 Å². The number of carbonyl (C=O) groups excluding carboxylic acids is 1. The van der Waals surface area contributed by atoms with Crippen molar-refractivity contribution in [1.29, 1.82) is 0 Å². The van der Waals surface area contributed by atoms with Crippen LogP contribution in [0.15, 0.2) is 28.8 Å². The molecule has 0 aliphatic heterocycles. The molecule has 3 rings (SSSR count). The molecule has 1 amide bonds. The average molecular weight is 361 g/mol. The molecule has 5 nitrogen and oxygen atoms in total. The van der Waals surface area contributed by atoms with E-state index in [2.05, 4.69) is 20.0 Å². The van der Waals surface area contributed by atoms with Gasteiger partial charge in [0.25, 0.3) is 5.91 Å². The van der Waals surface area contributed by atoms with Gasteiger partial charge in [-0.2, -0.15) is 26.9 Å². The first-order chi connectivity index (χ1) is 11.7. The van der Waals surface area contributed by atoms with Crippen LogP contribution in [-0.4, -0.2) is 22.1 Å². The molecule has 25 heavy (non-hydrogen) atoms. The number of hydrogen-bond acceptors (Lipinski definition) is 4. The number of halogens is 5. The van der Waals surface area contributed by atoms with Crippen LogP contribution < -0.4 is 5.32 Å². The van der Waals surface area contributed by atoms with Crippen molar-refractivity contribution in [1.82, 2.24) is 15.5 Å². The zero-order valence-corrected chi connectivity index (χ0v) is 12.6. The summed E-state index contributed by atoms with van der Waals surface area (Å²) in [5.41, 5.74) is -0.522. The second kappa shape index (κ2) is 6.08. The highest BCUT2D eigenvalue weighted by Crippen LogP contribution is 2.32. The van der Waals surface area contributed by atoms with Gasteiger partial charge in [0.2, 0.25) is 5.82 Å². The molecule has 1 aliphatic carbocycles. The number of rotatable bonds is 4. The van der Waals surface area contributed by atoms with E-state index in [0.717, 1.165) is 30.7 Å². The number of nitrogens with one attached hydrogen (secondary N) is 1. The van der Waals surface area contributed by atoms with Crippen molar-refractivity contribution in [3.8, 4) is 11.4 Å². The Hall–Kier alpha value is -2.52. The molecule has 1 aromatic carbocycles. The number of aromatic nitrogens is 2. The summed E-state index contributed by atoms with van der Waals surface area (Å²) in [6.07, 6.45) is -2.58. The maximum absolute atomic E-state index is 14.2. The van der Waals surface area contributed by atoms with Gasteiger partial charge < -0.3 is 9.84 Å². The summed E-state index contributed by atoms with van der Waals surface area (Å²) >= 11 is 0. The molecule has 2 aromatic rings. The molecule has 0 radical (unpaired) electrons. The van der Waals surface area contributed by atoms with E-state index in [1.807, 2.05) is 0 Å². The number of hydrogen-bond donors (Lipinski definition) is 1. The molecular weight excluding hydrogens is 349 g/mol. The normalized spacial score (nSPS) is 15.7. The molecule has 1 N–H and O–H groups in total. The summed E-state index contributed by atoms with van der Waals surface area (Å²) in [6.45, 7) is 0. The lowest BCUT2D eigenvalue weighted by atomic mass is 9.92. The maximum atomic E-state index is 14.2. The lowest BCUT2D eigenvalue weighted by molar-refractivity contribution is -0.159. The van der Waals surface area contributed by atoms with Crippen molar-refractivity contribution < 1.29 is 31.3 Å². The zero-order valence-electron chi connectivity index (χ0n) is 12.6. The van der Waals surface area contributed by atoms with Crippen LogP contribution in [0.1, 0.15) is 30.7 Å². The minimum absolute atomic E-state index is 0.0539. The molecule has 10 heteroatoms. The molecule has 134 valence electrons. The van der Waals surface area contributed by atoms with Crippen LogP contribution in [0.4, 0.5) is 22.0 Å². The minimum Gasteiger partial charge on any atom is -0.348 e. The zero-order chi connectivity index (χ0) is 18.2. The van der Waals surface area contributed by atoms with Gasteiger partial charge in [0, 0.05) is 17.2 Å². The summed E-state index contributed by atoms with van der Waals surface area (Å²) in [5, 5.41) is 5.43. The van der Waals surface area contributed by atoms with Crippen LogP contribution in [0, 0.1) is 0 Å². The first-order valence-corrected chi connectivity index (χ1v) is 7.38. The quantitative estimate of drug-likeness (QED) is 0.847. The Balaban J connectivity index is 1.77. The second-order valence-electron chi connectivity index (χ2n) is 5.67. The molecule has 1 saturated carbocycles. The van der Waals surface area contributed by atoms with Gasteiger partial charge in [0.1, 0.15) is 0 Å². The van der Waals surface area contributed by atoms with Crippen LogP contribution in [0.2, 0.25) is 0 Å². The van der Waals surface area contributed by atoms with E-state index >= 15 is 0 Å². The van der Waals surface area contributed by atoms with Crippen molar-refractivity contribution in [2.24, 2.45) is 0 Å². The highest BCUT2D eigenvalue weighted by molar-refractivity contribution is 5.85. The fraction of sp³-hybridized carbons (Fsp3) is 0.400. The second-order valence-corrected chi connectivity index (χ2v) is 5.67. The van der Waals surface area contributed by atoms with Crippen LogP contribution in [-0.2, 0) is 16.9 Å². The number of amides is 1. The van der Waals surface area contributed by atoms with Gasteiger partial charge in [-0.3, -0.25) is 4.79 Å². The van der Waals surface area contributed by atoms with Crippen LogP contribution >= 0.6 is 0 Å². The van der Waals surface area contributed by atoms with Gasteiger partial charge in [-0.25, -0.2) is 0 Å². The fourth-order valence-electron chi connectivity index (χ4n) is 2.24. The van der Waals surface area contributed by atoms with E-state index in [-0.39, 0.29) is 17.4 Å². The van der Waals surface area contributed by atoms with Crippen molar-refractivity contribution >= 4 is 5.91 Å². The van der Waals surface area contributed by atoms with E-state index < -0.39 is 29.5 Å². The first-order valence-electron chi connectivity index (χ1n) is 7.38. The summed E-state index contributed by atoms with van der Waals surface area (Å²) < 4.78 is 69.7. The third-order valence-electron chi connectivity index (χ3n) is 3.90. The van der Waals surface area contributed by atoms with E-state index in [1.54, 1.807) is 0 Å². The maximum Gasteiger partial charge on any atom is 0.471 e. The fourth-order valence-corrected chi connectivity index (χ4v) is 2.24. The molecule has 0 atom stereocenters. The average Bonchev–Trinajstić information content (AvgIpc) is 3.01. The van der Waals surface area contributed by atoms with E-state index in [0.29, 0.717) is 12.8 Å². The SMILES string of the molecule is O=C(NC1CCC1)C(F)(F)c1ccc(-c2noc(C(F)(F)F)n2)cc1. The third-order valence-corrected chi connectivity index (χ3v) is 3.90. The van der Waals surface area contributed by atoms with Gasteiger partial charge in [-0.15, -0.1) is 0 Å². The summed E-state index contributed by atoms with van der Waals surface area (Å²) in [6, 6.07) is 3.85. The van der Waals surface area contributed by atoms with Crippen molar-refractivity contribution in [3.63, 3.8) is 0 Å². The Morgan fingerprint density at radius 1 is 1.12 bits per heavy atom. The summed E-state index contributed by atoms with van der Waals surface area (Å²) in [4.78, 5) is 14.9. The highest BCUT2D eigenvalue weighted by Gasteiger charge is 2.42.